The highest BCUT2D eigenvalue weighted by atomic mass is 16.5. The highest BCUT2D eigenvalue weighted by Gasteiger charge is 2.28. The van der Waals surface area contributed by atoms with E-state index in [4.69, 9.17) is 10.5 Å². The van der Waals surface area contributed by atoms with Crippen LogP contribution in [0.2, 0.25) is 0 Å². The number of urea groups is 1. The maximum absolute atomic E-state index is 12.3. The molecule has 0 spiro atoms. The van der Waals surface area contributed by atoms with E-state index >= 15 is 0 Å². The summed E-state index contributed by atoms with van der Waals surface area (Å²) in [4.78, 5) is 49.8. The van der Waals surface area contributed by atoms with Gasteiger partial charge in [0.2, 0.25) is 0 Å². The quantitative estimate of drug-likeness (QED) is 0.716. The van der Waals surface area contributed by atoms with Crippen molar-refractivity contribution >= 4 is 28.8 Å². The van der Waals surface area contributed by atoms with Gasteiger partial charge in [0.1, 0.15) is 5.69 Å². The van der Waals surface area contributed by atoms with Crippen molar-refractivity contribution in [2.24, 2.45) is 11.7 Å². The van der Waals surface area contributed by atoms with E-state index in [1.54, 1.807) is 38.1 Å². The number of fused-ring (bicyclic) bond motifs is 1. The summed E-state index contributed by atoms with van der Waals surface area (Å²) in [7, 11) is 0. The second-order valence-electron chi connectivity index (χ2n) is 5.52. The third-order valence-corrected chi connectivity index (χ3v) is 3.30. The van der Waals surface area contributed by atoms with Crippen molar-refractivity contribution in [2.45, 2.75) is 20.0 Å². The third-order valence-electron chi connectivity index (χ3n) is 3.30. The molecular formula is C16H17N3O5. The van der Waals surface area contributed by atoms with Crippen LogP contribution in [0.25, 0.3) is 10.9 Å². The number of amides is 3. The monoisotopic (exact) mass is 331 g/mol. The summed E-state index contributed by atoms with van der Waals surface area (Å²) in [5, 5.41) is 2.30. The molecule has 1 atom stereocenters. The molecular weight excluding hydrogens is 314 g/mol. The van der Waals surface area contributed by atoms with Gasteiger partial charge >= 0.3 is 12.0 Å². The van der Waals surface area contributed by atoms with Gasteiger partial charge < -0.3 is 15.5 Å². The molecule has 0 aliphatic rings. The predicted octanol–water partition coefficient (Wildman–Crippen LogP) is 0.904. The number of benzene rings is 1. The van der Waals surface area contributed by atoms with Crippen molar-refractivity contribution in [3.63, 3.8) is 0 Å². The molecule has 24 heavy (non-hydrogen) atoms. The summed E-state index contributed by atoms with van der Waals surface area (Å²) in [6.45, 7) is 3.28. The fourth-order valence-electron chi connectivity index (χ4n) is 2.17. The number of esters is 1. The number of imide groups is 1. The van der Waals surface area contributed by atoms with Crippen LogP contribution in [0.5, 0.6) is 0 Å². The minimum Gasteiger partial charge on any atom is -0.447 e. The van der Waals surface area contributed by atoms with Gasteiger partial charge in [-0.15, -0.1) is 0 Å². The Morgan fingerprint density at radius 2 is 1.88 bits per heavy atom. The van der Waals surface area contributed by atoms with E-state index in [9.17, 15) is 19.2 Å². The lowest BCUT2D eigenvalue weighted by Crippen LogP contribution is -2.45. The van der Waals surface area contributed by atoms with Crippen molar-refractivity contribution in [1.82, 2.24) is 10.3 Å². The number of hydrogen-bond acceptors (Lipinski definition) is 5. The van der Waals surface area contributed by atoms with Gasteiger partial charge in [-0.2, -0.15) is 0 Å². The molecule has 0 bridgehead atoms. The third kappa shape index (κ3) is 3.78. The van der Waals surface area contributed by atoms with E-state index < -0.39 is 29.9 Å². The van der Waals surface area contributed by atoms with E-state index in [0.717, 1.165) is 6.07 Å². The van der Waals surface area contributed by atoms with Crippen LogP contribution in [0.4, 0.5) is 4.79 Å². The summed E-state index contributed by atoms with van der Waals surface area (Å²) in [6, 6.07) is 6.76. The molecule has 126 valence electrons. The van der Waals surface area contributed by atoms with Crippen molar-refractivity contribution in [3.8, 4) is 0 Å². The molecule has 0 unspecified atom stereocenters. The lowest BCUT2D eigenvalue weighted by Gasteiger charge is -2.19. The molecule has 0 radical (unpaired) electrons. The number of primary amides is 1. The Morgan fingerprint density at radius 1 is 1.21 bits per heavy atom. The van der Waals surface area contributed by atoms with Crippen LogP contribution in [0.15, 0.2) is 35.1 Å². The molecule has 8 nitrogen and oxygen atoms in total. The molecule has 0 aliphatic heterocycles. The Bertz CT molecular complexity index is 856. The van der Waals surface area contributed by atoms with Crippen molar-refractivity contribution < 1.29 is 19.1 Å². The van der Waals surface area contributed by atoms with Crippen LogP contribution in [0.1, 0.15) is 24.3 Å². The summed E-state index contributed by atoms with van der Waals surface area (Å²) in [5.74, 6) is -2.11. The van der Waals surface area contributed by atoms with Crippen molar-refractivity contribution in [1.29, 1.82) is 0 Å². The molecule has 0 saturated carbocycles. The number of carbonyl (C=O) groups excluding carboxylic acids is 3. The molecule has 8 heteroatoms. The SMILES string of the molecule is CC(C)[C@@H](OC(=O)c1cc(=O)c2ccccc2[nH]1)C(=O)NC(N)=O. The standard InChI is InChI=1S/C16H17N3O5/c1-8(2)13(14(21)19-16(17)23)24-15(22)11-7-12(20)9-5-3-4-6-10(9)18-11/h3-8,13H,1-2H3,(H,18,20)(H3,17,19,21,23)/t13-/m1/s1. The van der Waals surface area contributed by atoms with E-state index in [2.05, 4.69) is 4.98 Å². The zero-order valence-electron chi connectivity index (χ0n) is 13.2. The number of para-hydroxylation sites is 1. The first-order valence-electron chi connectivity index (χ1n) is 7.23. The molecule has 1 heterocycles. The number of carbonyl (C=O) groups is 3. The maximum atomic E-state index is 12.3. The number of H-pyrrole nitrogens is 1. The molecule has 3 amide bonds. The lowest BCUT2D eigenvalue weighted by atomic mass is 10.1. The number of ether oxygens (including phenoxy) is 1. The van der Waals surface area contributed by atoms with Crippen LogP contribution < -0.4 is 16.5 Å². The van der Waals surface area contributed by atoms with Crippen LogP contribution in [-0.2, 0) is 9.53 Å². The number of pyridine rings is 1. The van der Waals surface area contributed by atoms with Gasteiger partial charge in [-0.3, -0.25) is 14.9 Å². The smallest absolute Gasteiger partial charge is 0.355 e. The number of nitrogens with two attached hydrogens (primary N) is 1. The average molecular weight is 331 g/mol. The lowest BCUT2D eigenvalue weighted by molar-refractivity contribution is -0.130. The van der Waals surface area contributed by atoms with Gasteiger partial charge in [0.05, 0.1) is 0 Å². The largest absolute Gasteiger partial charge is 0.447 e. The van der Waals surface area contributed by atoms with Crippen LogP contribution in [-0.4, -0.2) is 29.0 Å². The number of rotatable bonds is 4. The number of hydrogen-bond donors (Lipinski definition) is 3. The minimum absolute atomic E-state index is 0.0868. The fraction of sp³-hybridized carbons (Fsp3) is 0.250. The van der Waals surface area contributed by atoms with Gasteiger partial charge in [0.25, 0.3) is 5.91 Å². The molecule has 0 saturated heterocycles. The first-order valence-corrected chi connectivity index (χ1v) is 7.23. The topological polar surface area (TPSA) is 131 Å². The van der Waals surface area contributed by atoms with Gasteiger partial charge in [0, 0.05) is 17.0 Å². The molecule has 0 fully saturated rings. The summed E-state index contributed by atoms with van der Waals surface area (Å²) >= 11 is 0. The van der Waals surface area contributed by atoms with Crippen LogP contribution in [0.3, 0.4) is 0 Å². The van der Waals surface area contributed by atoms with Gasteiger partial charge in [-0.05, 0) is 18.1 Å². The zero-order valence-corrected chi connectivity index (χ0v) is 13.2. The Hall–Kier alpha value is -3.16. The minimum atomic E-state index is -1.22. The number of nitrogens with one attached hydrogen (secondary N) is 2. The second-order valence-corrected chi connectivity index (χ2v) is 5.52. The predicted molar refractivity (Wildman–Crippen MR) is 86.3 cm³/mol. The van der Waals surface area contributed by atoms with E-state index in [1.807, 2.05) is 5.32 Å². The summed E-state index contributed by atoms with van der Waals surface area (Å²) in [5.41, 5.74) is 4.93. The summed E-state index contributed by atoms with van der Waals surface area (Å²) in [6.07, 6.45) is -1.22. The normalized spacial score (nSPS) is 12.0. The molecule has 1 aromatic heterocycles. The molecule has 4 N–H and O–H groups in total. The Morgan fingerprint density at radius 3 is 2.50 bits per heavy atom. The Labute approximate surface area is 137 Å². The molecule has 2 aromatic rings. The van der Waals surface area contributed by atoms with Crippen LogP contribution >= 0.6 is 0 Å². The number of aromatic amines is 1. The van der Waals surface area contributed by atoms with Crippen molar-refractivity contribution in [3.05, 3.63) is 46.2 Å². The van der Waals surface area contributed by atoms with Crippen molar-refractivity contribution in [2.75, 3.05) is 0 Å². The highest BCUT2D eigenvalue weighted by molar-refractivity contribution is 5.98. The van der Waals surface area contributed by atoms with E-state index in [1.165, 1.54) is 0 Å². The van der Waals surface area contributed by atoms with E-state index in [-0.39, 0.29) is 11.1 Å². The van der Waals surface area contributed by atoms with Gasteiger partial charge in [0.15, 0.2) is 11.5 Å². The Balaban J connectivity index is 2.29. The molecule has 1 aromatic carbocycles. The summed E-state index contributed by atoms with van der Waals surface area (Å²) < 4.78 is 5.14. The second kappa shape index (κ2) is 6.95. The van der Waals surface area contributed by atoms with Gasteiger partial charge in [-0.25, -0.2) is 9.59 Å². The number of aromatic nitrogens is 1. The van der Waals surface area contributed by atoms with E-state index in [0.29, 0.717) is 10.9 Å². The maximum Gasteiger partial charge on any atom is 0.355 e. The molecule has 0 aliphatic carbocycles. The fourth-order valence-corrected chi connectivity index (χ4v) is 2.17. The van der Waals surface area contributed by atoms with Crippen LogP contribution in [0, 0.1) is 5.92 Å². The zero-order chi connectivity index (χ0) is 17.9. The first-order chi connectivity index (χ1) is 11.3. The average Bonchev–Trinajstić information content (AvgIpc) is 2.51. The Kier molecular flexibility index (Phi) is 4.98. The highest BCUT2D eigenvalue weighted by Crippen LogP contribution is 2.12. The first kappa shape index (κ1) is 17.2. The van der Waals surface area contributed by atoms with Gasteiger partial charge in [-0.1, -0.05) is 26.0 Å². The molecule has 2 rings (SSSR count).